The highest BCUT2D eigenvalue weighted by atomic mass is 16.5. The van der Waals surface area contributed by atoms with Crippen molar-refractivity contribution in [3.05, 3.63) is 64.8 Å². The number of nitrogens with zero attached hydrogens (tertiary/aromatic N) is 1. The molecule has 0 amide bonds. The molecule has 1 atom stereocenters. The Kier molecular flexibility index (Phi) is 2.57. The first-order valence-corrected chi connectivity index (χ1v) is 7.23. The molecular formula is C18H16N2O2. The highest BCUT2D eigenvalue weighted by Gasteiger charge is 2.35. The third kappa shape index (κ3) is 1.55. The second-order valence-electron chi connectivity index (χ2n) is 5.67. The molecule has 2 aromatic carbocycles. The van der Waals surface area contributed by atoms with Gasteiger partial charge < -0.3 is 15.0 Å². The maximum absolute atomic E-state index is 12.1. The minimum Gasteiger partial charge on any atom is -0.449 e. The van der Waals surface area contributed by atoms with Crippen LogP contribution in [0.25, 0.3) is 10.9 Å². The van der Waals surface area contributed by atoms with Crippen molar-refractivity contribution in [3.8, 4) is 0 Å². The summed E-state index contributed by atoms with van der Waals surface area (Å²) >= 11 is 0. The number of nitrogens with two attached hydrogens (primary N) is 1. The Hall–Kier alpha value is -2.75. The smallest absolute Gasteiger partial charge is 0.339 e. The molecule has 0 saturated heterocycles. The number of benzene rings is 2. The van der Waals surface area contributed by atoms with Gasteiger partial charge in [0.1, 0.15) is 0 Å². The minimum atomic E-state index is -0.392. The zero-order valence-electron chi connectivity index (χ0n) is 12.5. The van der Waals surface area contributed by atoms with Gasteiger partial charge in [-0.25, -0.2) is 4.79 Å². The number of ether oxygens (including phenoxy) is 1. The predicted octanol–water partition coefficient (Wildman–Crippen LogP) is 3.33. The van der Waals surface area contributed by atoms with E-state index in [1.54, 1.807) is 0 Å². The first-order chi connectivity index (χ1) is 10.6. The fourth-order valence-corrected chi connectivity index (χ4v) is 3.35. The van der Waals surface area contributed by atoms with Crippen LogP contribution in [-0.4, -0.2) is 10.5 Å². The molecule has 2 N–H and O–H groups in total. The average molecular weight is 292 g/mol. The van der Waals surface area contributed by atoms with Crippen molar-refractivity contribution >= 4 is 22.6 Å². The van der Waals surface area contributed by atoms with Crippen LogP contribution in [0.3, 0.4) is 0 Å². The van der Waals surface area contributed by atoms with Crippen LogP contribution in [-0.2, 0) is 11.8 Å². The molecule has 1 unspecified atom stereocenters. The Labute approximate surface area is 128 Å². The van der Waals surface area contributed by atoms with Crippen molar-refractivity contribution in [3.63, 3.8) is 0 Å². The number of carbonyl (C=O) groups is 1. The maximum atomic E-state index is 12.1. The van der Waals surface area contributed by atoms with Crippen LogP contribution in [0.1, 0.15) is 33.3 Å². The summed E-state index contributed by atoms with van der Waals surface area (Å²) in [6, 6.07) is 13.4. The van der Waals surface area contributed by atoms with Gasteiger partial charge in [-0.15, -0.1) is 0 Å². The first kappa shape index (κ1) is 13.0. The second-order valence-corrected chi connectivity index (χ2v) is 5.67. The SMILES string of the molecule is Cc1c(C2OC(=O)c3ccccc32)c2c(N)cccc2n1C. The summed E-state index contributed by atoms with van der Waals surface area (Å²) in [6.07, 6.45) is -0.392. The summed E-state index contributed by atoms with van der Waals surface area (Å²) in [7, 11) is 2.00. The van der Waals surface area contributed by atoms with Gasteiger partial charge in [0.2, 0.25) is 0 Å². The fraction of sp³-hybridized carbons (Fsp3) is 0.167. The third-order valence-electron chi connectivity index (χ3n) is 4.55. The quantitative estimate of drug-likeness (QED) is 0.553. The number of aryl methyl sites for hydroxylation is 1. The van der Waals surface area contributed by atoms with E-state index in [2.05, 4.69) is 4.57 Å². The van der Waals surface area contributed by atoms with E-state index in [9.17, 15) is 4.79 Å². The Morgan fingerprint density at radius 3 is 2.73 bits per heavy atom. The third-order valence-corrected chi connectivity index (χ3v) is 4.55. The molecule has 0 saturated carbocycles. The summed E-state index contributed by atoms with van der Waals surface area (Å²) in [6.45, 7) is 2.03. The van der Waals surface area contributed by atoms with Gasteiger partial charge in [-0.2, -0.15) is 0 Å². The van der Waals surface area contributed by atoms with Gasteiger partial charge in [0.25, 0.3) is 0 Å². The Bertz CT molecular complexity index is 924. The molecule has 110 valence electrons. The molecule has 0 bridgehead atoms. The Morgan fingerprint density at radius 2 is 1.91 bits per heavy atom. The van der Waals surface area contributed by atoms with Crippen molar-refractivity contribution in [2.75, 3.05) is 5.73 Å². The van der Waals surface area contributed by atoms with Crippen LogP contribution in [0.4, 0.5) is 5.69 Å². The highest BCUT2D eigenvalue weighted by Crippen LogP contribution is 2.42. The topological polar surface area (TPSA) is 57.2 Å². The summed E-state index contributed by atoms with van der Waals surface area (Å²) in [5.41, 5.74) is 11.5. The van der Waals surface area contributed by atoms with E-state index in [4.69, 9.17) is 10.5 Å². The van der Waals surface area contributed by atoms with Gasteiger partial charge in [0.15, 0.2) is 6.10 Å². The van der Waals surface area contributed by atoms with E-state index in [1.807, 2.05) is 56.4 Å². The van der Waals surface area contributed by atoms with Crippen LogP contribution < -0.4 is 5.73 Å². The molecule has 1 aliphatic heterocycles. The van der Waals surface area contributed by atoms with Crippen LogP contribution in [0.5, 0.6) is 0 Å². The second kappa shape index (κ2) is 4.37. The largest absolute Gasteiger partial charge is 0.449 e. The molecule has 1 aliphatic rings. The summed E-state index contributed by atoms with van der Waals surface area (Å²) in [5.74, 6) is -0.272. The van der Waals surface area contributed by atoms with Crippen molar-refractivity contribution < 1.29 is 9.53 Å². The summed E-state index contributed by atoms with van der Waals surface area (Å²) < 4.78 is 7.76. The molecule has 0 radical (unpaired) electrons. The normalized spacial score (nSPS) is 16.8. The maximum Gasteiger partial charge on any atom is 0.339 e. The van der Waals surface area contributed by atoms with Gasteiger partial charge in [-0.05, 0) is 25.1 Å². The van der Waals surface area contributed by atoms with Crippen LogP contribution in [0, 0.1) is 6.92 Å². The first-order valence-electron chi connectivity index (χ1n) is 7.23. The van der Waals surface area contributed by atoms with Crippen molar-refractivity contribution in [1.29, 1.82) is 0 Å². The number of rotatable bonds is 1. The molecule has 3 aromatic rings. The van der Waals surface area contributed by atoms with Gasteiger partial charge in [-0.1, -0.05) is 24.3 Å². The van der Waals surface area contributed by atoms with Crippen molar-refractivity contribution in [2.24, 2.45) is 7.05 Å². The van der Waals surface area contributed by atoms with Gasteiger partial charge >= 0.3 is 5.97 Å². The summed E-state index contributed by atoms with van der Waals surface area (Å²) in [4.78, 5) is 12.1. The van der Waals surface area contributed by atoms with E-state index in [0.29, 0.717) is 11.3 Å². The van der Waals surface area contributed by atoms with E-state index in [0.717, 1.165) is 27.7 Å². The number of nitrogen functional groups attached to an aromatic ring is 1. The highest BCUT2D eigenvalue weighted by molar-refractivity contribution is 5.99. The van der Waals surface area contributed by atoms with E-state index in [1.165, 1.54) is 0 Å². The predicted molar refractivity (Wildman–Crippen MR) is 85.8 cm³/mol. The molecule has 0 aliphatic carbocycles. The zero-order chi connectivity index (χ0) is 15.4. The lowest BCUT2D eigenvalue weighted by Crippen LogP contribution is -2.03. The molecule has 4 nitrogen and oxygen atoms in total. The van der Waals surface area contributed by atoms with E-state index in [-0.39, 0.29) is 5.97 Å². The lowest BCUT2D eigenvalue weighted by Gasteiger charge is -2.12. The molecule has 22 heavy (non-hydrogen) atoms. The number of carbonyl (C=O) groups excluding carboxylic acids is 1. The lowest BCUT2D eigenvalue weighted by molar-refractivity contribution is 0.0457. The molecule has 2 heterocycles. The minimum absolute atomic E-state index is 0.272. The van der Waals surface area contributed by atoms with Crippen molar-refractivity contribution in [1.82, 2.24) is 4.57 Å². The number of hydrogen-bond donors (Lipinski definition) is 1. The number of hydrogen-bond acceptors (Lipinski definition) is 3. The lowest BCUT2D eigenvalue weighted by atomic mass is 9.96. The number of anilines is 1. The number of esters is 1. The van der Waals surface area contributed by atoms with E-state index >= 15 is 0 Å². The van der Waals surface area contributed by atoms with Gasteiger partial charge in [0.05, 0.1) is 11.1 Å². The number of aromatic nitrogens is 1. The monoisotopic (exact) mass is 292 g/mol. The Morgan fingerprint density at radius 1 is 1.14 bits per heavy atom. The molecular weight excluding hydrogens is 276 g/mol. The van der Waals surface area contributed by atoms with Crippen LogP contribution in [0.15, 0.2) is 42.5 Å². The van der Waals surface area contributed by atoms with Crippen molar-refractivity contribution in [2.45, 2.75) is 13.0 Å². The number of fused-ring (bicyclic) bond motifs is 2. The standard InChI is InChI=1S/C18H16N2O2/c1-10-15(16-13(19)8-5-9-14(16)20(10)2)17-11-6-3-4-7-12(11)18(21)22-17/h3-9,17H,19H2,1-2H3. The summed E-state index contributed by atoms with van der Waals surface area (Å²) in [5, 5.41) is 0.969. The fourth-order valence-electron chi connectivity index (χ4n) is 3.35. The molecule has 0 spiro atoms. The molecule has 4 heteroatoms. The molecule has 1 aromatic heterocycles. The Balaban J connectivity index is 2.05. The average Bonchev–Trinajstić information content (AvgIpc) is 2.98. The van der Waals surface area contributed by atoms with Crippen LogP contribution in [0.2, 0.25) is 0 Å². The molecule has 4 rings (SSSR count). The van der Waals surface area contributed by atoms with E-state index < -0.39 is 6.10 Å². The van der Waals surface area contributed by atoms with Gasteiger partial charge in [0, 0.05) is 34.9 Å². The molecule has 0 fully saturated rings. The van der Waals surface area contributed by atoms with Crippen LogP contribution >= 0.6 is 0 Å². The zero-order valence-corrected chi connectivity index (χ0v) is 12.5. The van der Waals surface area contributed by atoms with Gasteiger partial charge in [-0.3, -0.25) is 0 Å². The number of cyclic esters (lactones) is 1.